The van der Waals surface area contributed by atoms with E-state index in [1.807, 2.05) is 6.92 Å². The van der Waals surface area contributed by atoms with Crippen molar-refractivity contribution in [2.45, 2.75) is 46.1 Å². The lowest BCUT2D eigenvalue weighted by Crippen LogP contribution is -2.42. The highest BCUT2D eigenvalue weighted by atomic mass is 35.5. The number of aromatic nitrogens is 3. The lowest BCUT2D eigenvalue weighted by Gasteiger charge is -2.36. The normalized spacial score (nSPS) is 24.2. The fourth-order valence-electron chi connectivity index (χ4n) is 3.87. The summed E-state index contributed by atoms with van der Waals surface area (Å²) in [6.45, 7) is 11.3. The molecule has 2 aliphatic rings. The lowest BCUT2D eigenvalue weighted by atomic mass is 9.93. The van der Waals surface area contributed by atoms with Gasteiger partial charge in [0.15, 0.2) is 0 Å². The van der Waals surface area contributed by atoms with Crippen molar-refractivity contribution in [1.29, 1.82) is 0 Å². The number of hydrogen-bond donors (Lipinski definition) is 1. The topological polar surface area (TPSA) is 46.0 Å². The fraction of sp³-hybridized carbons (Fsp3) is 0.875. The number of nitrogens with one attached hydrogen (secondary N) is 1. The first-order valence-corrected chi connectivity index (χ1v) is 8.52. The smallest absolute Gasteiger partial charge is 0.147 e. The van der Waals surface area contributed by atoms with Crippen molar-refractivity contribution in [3.63, 3.8) is 0 Å². The zero-order chi connectivity index (χ0) is 14.7. The number of piperidine rings is 2. The maximum absolute atomic E-state index is 4.52. The zero-order valence-electron chi connectivity index (χ0n) is 13.9. The highest BCUT2D eigenvalue weighted by Crippen LogP contribution is 2.22. The molecule has 0 aliphatic carbocycles. The highest BCUT2D eigenvalue weighted by Gasteiger charge is 2.24. The van der Waals surface area contributed by atoms with Crippen LogP contribution in [0.1, 0.15) is 37.3 Å². The average molecular weight is 328 g/mol. The van der Waals surface area contributed by atoms with E-state index in [0.29, 0.717) is 0 Å². The maximum atomic E-state index is 4.52. The van der Waals surface area contributed by atoms with Gasteiger partial charge in [-0.3, -0.25) is 0 Å². The van der Waals surface area contributed by atoms with Crippen LogP contribution in [0.3, 0.4) is 0 Å². The molecule has 1 aromatic heterocycles. The number of aryl methyl sites for hydroxylation is 2. The number of halogens is 1. The van der Waals surface area contributed by atoms with Gasteiger partial charge in [0, 0.05) is 19.6 Å². The quantitative estimate of drug-likeness (QED) is 0.919. The van der Waals surface area contributed by atoms with E-state index in [2.05, 4.69) is 31.9 Å². The van der Waals surface area contributed by atoms with Gasteiger partial charge in [0.2, 0.25) is 0 Å². The van der Waals surface area contributed by atoms with E-state index < -0.39 is 0 Å². The van der Waals surface area contributed by atoms with Crippen LogP contribution in [0.4, 0.5) is 0 Å². The van der Waals surface area contributed by atoms with Crippen molar-refractivity contribution in [2.24, 2.45) is 11.8 Å². The van der Waals surface area contributed by atoms with Gasteiger partial charge in [-0.15, -0.1) is 12.4 Å². The Hall–Kier alpha value is -0.650. The molecule has 2 aliphatic heterocycles. The van der Waals surface area contributed by atoms with E-state index in [1.54, 1.807) is 0 Å². The van der Waals surface area contributed by atoms with Crippen LogP contribution >= 0.6 is 12.4 Å². The molecule has 0 bridgehead atoms. The van der Waals surface area contributed by atoms with Gasteiger partial charge in [0.05, 0.1) is 0 Å². The van der Waals surface area contributed by atoms with Crippen molar-refractivity contribution in [2.75, 3.05) is 32.7 Å². The Morgan fingerprint density at radius 3 is 2.55 bits per heavy atom. The molecular weight excluding hydrogens is 298 g/mol. The molecule has 126 valence electrons. The second-order valence-electron chi connectivity index (χ2n) is 6.85. The maximum Gasteiger partial charge on any atom is 0.147 e. The first-order chi connectivity index (χ1) is 10.2. The molecule has 5 nitrogen and oxygen atoms in total. The van der Waals surface area contributed by atoms with Crippen LogP contribution in [-0.2, 0) is 6.54 Å². The summed E-state index contributed by atoms with van der Waals surface area (Å²) in [6.07, 6.45) is 5.37. The van der Waals surface area contributed by atoms with Gasteiger partial charge in [-0.1, -0.05) is 0 Å². The van der Waals surface area contributed by atoms with E-state index in [9.17, 15) is 0 Å². The SMILES string of the molecule is Cc1nc(C)n(CC2CCCN(CC3CCNCC3)C2)n1.Cl. The minimum absolute atomic E-state index is 0. The molecule has 1 N–H and O–H groups in total. The van der Waals surface area contributed by atoms with Crippen LogP contribution in [-0.4, -0.2) is 52.4 Å². The fourth-order valence-corrected chi connectivity index (χ4v) is 3.87. The van der Waals surface area contributed by atoms with Crippen LogP contribution in [0.5, 0.6) is 0 Å². The van der Waals surface area contributed by atoms with E-state index in [-0.39, 0.29) is 12.4 Å². The van der Waals surface area contributed by atoms with Gasteiger partial charge in [0.1, 0.15) is 11.6 Å². The van der Waals surface area contributed by atoms with Crippen molar-refractivity contribution in [3.8, 4) is 0 Å². The van der Waals surface area contributed by atoms with Crippen LogP contribution in [0, 0.1) is 25.7 Å². The molecular formula is C16H30ClN5. The third-order valence-corrected chi connectivity index (χ3v) is 4.97. The summed E-state index contributed by atoms with van der Waals surface area (Å²) in [7, 11) is 0. The van der Waals surface area contributed by atoms with Crippen molar-refractivity contribution < 1.29 is 0 Å². The van der Waals surface area contributed by atoms with Crippen LogP contribution in [0.15, 0.2) is 0 Å². The van der Waals surface area contributed by atoms with Crippen LogP contribution in [0.25, 0.3) is 0 Å². The first kappa shape index (κ1) is 17.7. The molecule has 2 fully saturated rings. The predicted octanol–water partition coefficient (Wildman–Crippen LogP) is 2.03. The van der Waals surface area contributed by atoms with E-state index >= 15 is 0 Å². The zero-order valence-corrected chi connectivity index (χ0v) is 14.7. The summed E-state index contributed by atoms with van der Waals surface area (Å²) in [6, 6.07) is 0. The summed E-state index contributed by atoms with van der Waals surface area (Å²) in [5.41, 5.74) is 0. The van der Waals surface area contributed by atoms with Crippen molar-refractivity contribution in [3.05, 3.63) is 11.6 Å². The van der Waals surface area contributed by atoms with Gasteiger partial charge in [-0.05, 0) is 71.0 Å². The second kappa shape index (κ2) is 8.27. The Bertz CT molecular complexity index is 455. The van der Waals surface area contributed by atoms with E-state index in [4.69, 9.17) is 0 Å². The Morgan fingerprint density at radius 1 is 1.09 bits per heavy atom. The minimum atomic E-state index is 0. The molecule has 1 aromatic rings. The first-order valence-electron chi connectivity index (χ1n) is 8.52. The minimum Gasteiger partial charge on any atom is -0.317 e. The molecule has 3 rings (SSSR count). The number of likely N-dealkylation sites (tertiary alicyclic amines) is 1. The monoisotopic (exact) mass is 327 g/mol. The summed E-state index contributed by atoms with van der Waals surface area (Å²) in [5.74, 6) is 3.60. The molecule has 0 aromatic carbocycles. The lowest BCUT2D eigenvalue weighted by molar-refractivity contribution is 0.129. The molecule has 0 saturated carbocycles. The van der Waals surface area contributed by atoms with Gasteiger partial charge in [0.25, 0.3) is 0 Å². The van der Waals surface area contributed by atoms with Gasteiger partial charge >= 0.3 is 0 Å². The summed E-state index contributed by atoms with van der Waals surface area (Å²) >= 11 is 0. The van der Waals surface area contributed by atoms with E-state index in [0.717, 1.165) is 30.0 Å². The molecule has 0 spiro atoms. The number of hydrogen-bond acceptors (Lipinski definition) is 4. The van der Waals surface area contributed by atoms with Crippen LogP contribution in [0.2, 0.25) is 0 Å². The highest BCUT2D eigenvalue weighted by molar-refractivity contribution is 5.85. The van der Waals surface area contributed by atoms with Crippen molar-refractivity contribution in [1.82, 2.24) is 25.0 Å². The predicted molar refractivity (Wildman–Crippen MR) is 91.5 cm³/mol. The van der Waals surface area contributed by atoms with Gasteiger partial charge in [-0.2, -0.15) is 5.10 Å². The Morgan fingerprint density at radius 2 is 1.86 bits per heavy atom. The molecule has 1 unspecified atom stereocenters. The van der Waals surface area contributed by atoms with Gasteiger partial charge in [-0.25, -0.2) is 9.67 Å². The van der Waals surface area contributed by atoms with E-state index in [1.165, 1.54) is 58.4 Å². The summed E-state index contributed by atoms with van der Waals surface area (Å²) in [4.78, 5) is 7.12. The Kier molecular flexibility index (Phi) is 6.66. The second-order valence-corrected chi connectivity index (χ2v) is 6.85. The molecule has 3 heterocycles. The Balaban J connectivity index is 0.00000176. The van der Waals surface area contributed by atoms with Gasteiger partial charge < -0.3 is 10.2 Å². The molecule has 0 radical (unpaired) electrons. The average Bonchev–Trinajstić information content (AvgIpc) is 2.78. The van der Waals surface area contributed by atoms with Crippen molar-refractivity contribution >= 4 is 12.4 Å². The molecule has 6 heteroatoms. The number of rotatable bonds is 4. The largest absolute Gasteiger partial charge is 0.317 e. The molecule has 2 saturated heterocycles. The third-order valence-electron chi connectivity index (χ3n) is 4.97. The Labute approximate surface area is 140 Å². The third kappa shape index (κ3) is 4.67. The summed E-state index contributed by atoms with van der Waals surface area (Å²) in [5, 5.41) is 7.99. The molecule has 1 atom stereocenters. The summed E-state index contributed by atoms with van der Waals surface area (Å²) < 4.78 is 2.11. The number of nitrogens with zero attached hydrogens (tertiary/aromatic N) is 4. The van der Waals surface area contributed by atoms with Crippen LogP contribution < -0.4 is 5.32 Å². The molecule has 0 amide bonds. The molecule has 22 heavy (non-hydrogen) atoms. The standard InChI is InChI=1S/C16H29N5.ClH/c1-13-18-14(2)21(19-13)12-16-4-3-9-20(11-16)10-15-5-7-17-8-6-15;/h15-17H,3-12H2,1-2H3;1H.